The van der Waals surface area contributed by atoms with E-state index < -0.39 is 0 Å². The molecule has 0 spiro atoms. The van der Waals surface area contributed by atoms with Crippen molar-refractivity contribution in [1.82, 2.24) is 29.2 Å². The molecule has 4 aromatic rings. The number of pyridine rings is 1. The smallest absolute Gasteiger partial charge is 0.278 e. The zero-order valence-electron chi connectivity index (χ0n) is 23.4. The molecule has 3 aliphatic rings. The summed E-state index contributed by atoms with van der Waals surface area (Å²) in [6.07, 6.45) is 9.82. The Morgan fingerprint density at radius 2 is 1.93 bits per heavy atom. The fourth-order valence-corrected chi connectivity index (χ4v) is 5.96. The molecule has 0 atom stereocenters. The van der Waals surface area contributed by atoms with Gasteiger partial charge < -0.3 is 15.0 Å². The number of nitrogens with zero attached hydrogens (tertiary/aromatic N) is 7. The second kappa shape index (κ2) is 9.55. The van der Waals surface area contributed by atoms with Crippen molar-refractivity contribution in [3.63, 3.8) is 0 Å². The van der Waals surface area contributed by atoms with Crippen LogP contribution in [0.2, 0.25) is 0 Å². The van der Waals surface area contributed by atoms with E-state index >= 15 is 0 Å². The Morgan fingerprint density at radius 3 is 2.80 bits per heavy atom. The molecule has 0 saturated heterocycles. The zero-order chi connectivity index (χ0) is 28.3. The molecule has 6 heterocycles. The van der Waals surface area contributed by atoms with E-state index in [-0.39, 0.29) is 23.6 Å². The molecule has 7 rings (SSSR count). The first kappa shape index (κ1) is 25.5. The van der Waals surface area contributed by atoms with Crippen LogP contribution in [0, 0.1) is 0 Å². The number of benzene rings is 1. The molecule has 1 amide bonds. The molecule has 0 radical (unpaired) electrons. The minimum atomic E-state index is -0.200. The lowest BCUT2D eigenvalue weighted by molar-refractivity contribution is -0.121. The van der Waals surface area contributed by atoms with Crippen molar-refractivity contribution < 1.29 is 9.53 Å². The maximum absolute atomic E-state index is 13.6. The number of likely N-dealkylation sites (N-methyl/N-ethyl adjacent to an activating group) is 1. The van der Waals surface area contributed by atoms with Crippen LogP contribution in [0.15, 0.2) is 53.6 Å². The van der Waals surface area contributed by atoms with Crippen LogP contribution in [0.25, 0.3) is 16.7 Å². The monoisotopic (exact) mass is 552 g/mol. The molecule has 0 unspecified atom stereocenters. The fourth-order valence-electron chi connectivity index (χ4n) is 5.96. The molecule has 2 bridgehead atoms. The number of ether oxygens (including phenoxy) is 1. The number of hydrogen-bond donors (Lipinski definition) is 1. The summed E-state index contributed by atoms with van der Waals surface area (Å²) in [6.45, 7) is 6.38. The van der Waals surface area contributed by atoms with Gasteiger partial charge in [0.1, 0.15) is 11.1 Å². The Bertz CT molecular complexity index is 1790. The van der Waals surface area contributed by atoms with E-state index in [4.69, 9.17) is 9.72 Å². The molecule has 41 heavy (non-hydrogen) atoms. The van der Waals surface area contributed by atoms with Gasteiger partial charge in [-0.25, -0.2) is 19.3 Å². The van der Waals surface area contributed by atoms with Crippen LogP contribution in [0.5, 0.6) is 5.88 Å². The van der Waals surface area contributed by atoms with Gasteiger partial charge >= 0.3 is 0 Å². The maximum atomic E-state index is 13.6. The van der Waals surface area contributed by atoms with Crippen LogP contribution < -0.4 is 20.5 Å². The van der Waals surface area contributed by atoms with Crippen molar-refractivity contribution in [3.05, 3.63) is 70.3 Å². The van der Waals surface area contributed by atoms with E-state index in [1.54, 1.807) is 26.7 Å². The molecular weight excluding hydrogens is 520 g/mol. The predicted molar refractivity (Wildman–Crippen MR) is 156 cm³/mol. The number of carbonyl (C=O) groups excluding carboxylic acids is 1. The molecule has 0 aliphatic carbocycles. The third kappa shape index (κ3) is 4.19. The summed E-state index contributed by atoms with van der Waals surface area (Å²) >= 11 is 0. The number of amides is 1. The molecule has 3 aliphatic heterocycles. The topological polar surface area (TPSA) is 110 Å². The fraction of sp³-hybridized carbons (Fsp3) is 0.367. The Labute approximate surface area is 237 Å². The van der Waals surface area contributed by atoms with Crippen LogP contribution in [0.1, 0.15) is 37.8 Å². The predicted octanol–water partition coefficient (Wildman–Crippen LogP) is 3.52. The van der Waals surface area contributed by atoms with Crippen LogP contribution in [0.4, 0.5) is 17.3 Å². The number of nitrogens with one attached hydrogen (secondary N) is 1. The molecule has 1 aromatic carbocycles. The summed E-state index contributed by atoms with van der Waals surface area (Å²) in [4.78, 5) is 44.2. The lowest BCUT2D eigenvalue weighted by Gasteiger charge is -2.41. The van der Waals surface area contributed by atoms with E-state index in [9.17, 15) is 9.59 Å². The summed E-state index contributed by atoms with van der Waals surface area (Å²) in [6, 6.07) is 8.23. The van der Waals surface area contributed by atoms with Gasteiger partial charge in [-0.15, -0.1) is 0 Å². The SMILES string of the molecule is CN1CCc2ccc(Nc3ncc4c(=O)n5n(c4n3)-c3cnc4c(c3)N(CCC/C=C\C5)C(=O)CO4)cc2C1(C)C. The molecule has 0 fully saturated rings. The zero-order valence-corrected chi connectivity index (χ0v) is 23.4. The van der Waals surface area contributed by atoms with Gasteiger partial charge in [0.05, 0.1) is 18.4 Å². The molecule has 0 saturated carbocycles. The highest BCUT2D eigenvalue weighted by Gasteiger charge is 2.32. The van der Waals surface area contributed by atoms with Crippen molar-refractivity contribution >= 4 is 34.3 Å². The number of carbonyl (C=O) groups is 1. The maximum Gasteiger partial charge on any atom is 0.278 e. The molecule has 1 N–H and O–H groups in total. The summed E-state index contributed by atoms with van der Waals surface area (Å²) in [5.41, 5.74) is 4.86. The third-order valence-corrected chi connectivity index (χ3v) is 8.56. The van der Waals surface area contributed by atoms with Gasteiger partial charge in [0.2, 0.25) is 11.8 Å². The van der Waals surface area contributed by atoms with E-state index in [1.165, 1.54) is 11.1 Å². The first-order chi connectivity index (χ1) is 19.8. The summed E-state index contributed by atoms with van der Waals surface area (Å²) in [5.74, 6) is 0.679. The first-order valence-electron chi connectivity index (χ1n) is 14.0. The van der Waals surface area contributed by atoms with Crippen molar-refractivity contribution in [3.8, 4) is 11.6 Å². The molecule has 11 heteroatoms. The van der Waals surface area contributed by atoms with Crippen molar-refractivity contribution in [2.45, 2.75) is 45.2 Å². The van der Waals surface area contributed by atoms with E-state index in [2.05, 4.69) is 53.2 Å². The highest BCUT2D eigenvalue weighted by atomic mass is 16.5. The highest BCUT2D eigenvalue weighted by molar-refractivity contribution is 5.97. The molecule has 3 aromatic heterocycles. The third-order valence-electron chi connectivity index (χ3n) is 8.56. The minimum Gasteiger partial charge on any atom is -0.466 e. The molecular formula is C30H32N8O3. The number of allylic oxidation sites excluding steroid dienone is 2. The van der Waals surface area contributed by atoms with Crippen LogP contribution in [-0.4, -0.2) is 61.9 Å². The first-order valence-corrected chi connectivity index (χ1v) is 14.0. The lowest BCUT2D eigenvalue weighted by Crippen LogP contribution is -2.43. The van der Waals surface area contributed by atoms with Gasteiger partial charge in [-0.1, -0.05) is 18.2 Å². The Balaban J connectivity index is 1.35. The van der Waals surface area contributed by atoms with Gasteiger partial charge in [-0.05, 0) is 69.5 Å². The van der Waals surface area contributed by atoms with Crippen LogP contribution in [-0.2, 0) is 23.3 Å². The largest absolute Gasteiger partial charge is 0.466 e. The normalized spacial score (nSPS) is 19.0. The molecule has 11 nitrogen and oxygen atoms in total. The van der Waals surface area contributed by atoms with E-state index in [0.717, 1.165) is 31.5 Å². The van der Waals surface area contributed by atoms with Crippen LogP contribution >= 0.6 is 0 Å². The van der Waals surface area contributed by atoms with Crippen molar-refractivity contribution in [2.75, 3.05) is 37.0 Å². The van der Waals surface area contributed by atoms with Crippen LogP contribution in [0.3, 0.4) is 0 Å². The summed E-state index contributed by atoms with van der Waals surface area (Å²) in [7, 11) is 2.15. The summed E-state index contributed by atoms with van der Waals surface area (Å²) in [5, 5.41) is 3.76. The number of aromatic nitrogens is 5. The Hall–Kier alpha value is -4.51. The number of anilines is 3. The van der Waals surface area contributed by atoms with E-state index in [0.29, 0.717) is 47.3 Å². The minimum absolute atomic E-state index is 0.0369. The Morgan fingerprint density at radius 1 is 1.05 bits per heavy atom. The average Bonchev–Trinajstić information content (AvgIpc) is 3.23. The van der Waals surface area contributed by atoms with Crippen molar-refractivity contribution in [2.24, 2.45) is 0 Å². The second-order valence-corrected chi connectivity index (χ2v) is 11.3. The van der Waals surface area contributed by atoms with Gasteiger partial charge in [0.15, 0.2) is 12.3 Å². The second-order valence-electron chi connectivity index (χ2n) is 11.3. The van der Waals surface area contributed by atoms with Gasteiger partial charge in [0, 0.05) is 30.5 Å². The standard InChI is InChI=1S/C30H32N8O3/c1-30(2)23-14-20(9-8-19(23)10-13-35(30)3)33-29-32-17-22-26(34-29)38-21-15-24-27(31-16-21)41-18-25(39)36(24)11-6-4-5-7-12-37(38)28(22)40/h5,7-9,14-17H,4,6,10-13,18H2,1-3H3,(H,32,33,34)/b7-5-. The van der Waals surface area contributed by atoms with Gasteiger partial charge in [-0.2, -0.15) is 4.98 Å². The van der Waals surface area contributed by atoms with E-state index in [1.807, 2.05) is 24.3 Å². The highest BCUT2D eigenvalue weighted by Crippen LogP contribution is 2.36. The van der Waals surface area contributed by atoms with Crippen molar-refractivity contribution in [1.29, 1.82) is 0 Å². The quantitative estimate of drug-likeness (QED) is 0.376. The number of hydrogen-bond acceptors (Lipinski definition) is 8. The Kier molecular flexibility index (Phi) is 5.93. The average molecular weight is 553 g/mol. The number of rotatable bonds is 2. The van der Waals surface area contributed by atoms with Gasteiger partial charge in [0.25, 0.3) is 11.5 Å². The lowest BCUT2D eigenvalue weighted by atomic mass is 9.83. The number of fused-ring (bicyclic) bond motifs is 6. The molecule has 210 valence electrons. The summed E-state index contributed by atoms with van der Waals surface area (Å²) < 4.78 is 8.99. The van der Waals surface area contributed by atoms with Gasteiger partial charge in [-0.3, -0.25) is 14.5 Å².